The van der Waals surface area contributed by atoms with E-state index in [0.717, 1.165) is 13.1 Å². The Balaban J connectivity index is 1.39. The van der Waals surface area contributed by atoms with Gasteiger partial charge in [0.15, 0.2) is 0 Å². The van der Waals surface area contributed by atoms with Crippen molar-refractivity contribution in [2.75, 3.05) is 40.4 Å². The van der Waals surface area contributed by atoms with Crippen molar-refractivity contribution in [3.8, 4) is 45.4 Å². The minimum Gasteiger partial charge on any atom is -0.480 e. The summed E-state index contributed by atoms with van der Waals surface area (Å²) >= 11 is 0. The SMILES string of the molecule is COc1nc(-c2cccc(-c3cccc(-c4ccc(C5=NCCN5)c(OC)n4)c3F)c2F)ccc1C1=NCCN1. The fraction of sp³-hybridized carbons (Fsp3) is 0.200. The van der Waals surface area contributed by atoms with E-state index in [4.69, 9.17) is 9.47 Å². The lowest BCUT2D eigenvalue weighted by Gasteiger charge is -2.14. The minimum atomic E-state index is -0.594. The monoisotopic (exact) mass is 540 g/mol. The molecule has 0 bridgehead atoms. The Morgan fingerprint density at radius 1 is 0.575 bits per heavy atom. The Hall–Kier alpha value is -4.86. The first-order valence-electron chi connectivity index (χ1n) is 12.8. The van der Waals surface area contributed by atoms with Crippen molar-refractivity contribution in [1.29, 1.82) is 0 Å². The van der Waals surface area contributed by atoms with Crippen LogP contribution < -0.4 is 20.1 Å². The van der Waals surface area contributed by atoms with E-state index in [0.29, 0.717) is 59.0 Å². The maximum atomic E-state index is 16.0. The summed E-state index contributed by atoms with van der Waals surface area (Å²) in [7, 11) is 3.01. The molecule has 0 spiro atoms. The van der Waals surface area contributed by atoms with Gasteiger partial charge in [-0.05, 0) is 36.4 Å². The molecule has 4 aromatic rings. The van der Waals surface area contributed by atoms with Crippen LogP contribution in [-0.4, -0.2) is 62.0 Å². The molecule has 2 aromatic heterocycles. The zero-order chi connectivity index (χ0) is 27.6. The molecule has 10 heteroatoms. The molecule has 0 amide bonds. The second-order valence-corrected chi connectivity index (χ2v) is 9.16. The van der Waals surface area contributed by atoms with Crippen molar-refractivity contribution in [3.63, 3.8) is 0 Å². The average Bonchev–Trinajstić information content (AvgIpc) is 3.72. The van der Waals surface area contributed by atoms with Crippen LogP contribution in [0.1, 0.15) is 11.1 Å². The number of ether oxygens (including phenoxy) is 2. The molecule has 0 fully saturated rings. The highest BCUT2D eigenvalue weighted by molar-refractivity contribution is 6.02. The van der Waals surface area contributed by atoms with Crippen molar-refractivity contribution in [2.24, 2.45) is 9.98 Å². The van der Waals surface area contributed by atoms with Crippen LogP contribution in [0.4, 0.5) is 8.78 Å². The van der Waals surface area contributed by atoms with Crippen LogP contribution >= 0.6 is 0 Å². The Bertz CT molecular complexity index is 1550. The number of methoxy groups -OCH3 is 2. The second-order valence-electron chi connectivity index (χ2n) is 9.16. The minimum absolute atomic E-state index is 0.108. The van der Waals surface area contributed by atoms with Crippen LogP contribution in [0.5, 0.6) is 11.8 Å². The number of aromatic nitrogens is 2. The summed E-state index contributed by atoms with van der Waals surface area (Å²) in [6, 6.07) is 16.7. The number of nitrogens with zero attached hydrogens (tertiary/aromatic N) is 4. The van der Waals surface area contributed by atoms with E-state index in [1.807, 2.05) is 0 Å². The number of benzene rings is 2. The number of halogens is 2. The molecular weight excluding hydrogens is 514 g/mol. The van der Waals surface area contributed by atoms with Gasteiger partial charge in [0.25, 0.3) is 0 Å². The maximum Gasteiger partial charge on any atom is 0.224 e. The standard InChI is InChI=1S/C30H26F2N6O2/c1-39-29-21(27-33-13-14-34-27)9-11-23(37-29)19-7-3-5-17(25(19)31)18-6-4-8-20(26(18)32)24-12-10-22(30(38-24)40-2)28-35-15-16-36-28/h3-12H,13-16H2,1-2H3,(H,33,34)(H,35,36). The van der Waals surface area contributed by atoms with Crippen LogP contribution in [0.3, 0.4) is 0 Å². The Labute approximate surface area is 229 Å². The predicted molar refractivity (Wildman–Crippen MR) is 150 cm³/mol. The molecule has 6 rings (SSSR count). The Morgan fingerprint density at radius 3 is 1.38 bits per heavy atom. The molecule has 0 aliphatic carbocycles. The van der Waals surface area contributed by atoms with Crippen LogP contribution in [0, 0.1) is 11.6 Å². The molecule has 0 unspecified atom stereocenters. The fourth-order valence-corrected chi connectivity index (χ4v) is 4.88. The molecule has 40 heavy (non-hydrogen) atoms. The van der Waals surface area contributed by atoms with E-state index < -0.39 is 11.6 Å². The zero-order valence-corrected chi connectivity index (χ0v) is 22.0. The number of hydrogen-bond acceptors (Lipinski definition) is 8. The highest BCUT2D eigenvalue weighted by Gasteiger charge is 2.22. The van der Waals surface area contributed by atoms with Gasteiger partial charge in [-0.3, -0.25) is 9.98 Å². The molecule has 202 valence electrons. The van der Waals surface area contributed by atoms with Gasteiger partial charge in [-0.15, -0.1) is 0 Å². The second kappa shape index (κ2) is 10.7. The van der Waals surface area contributed by atoms with Gasteiger partial charge in [-0.1, -0.05) is 24.3 Å². The number of amidine groups is 2. The molecular formula is C30H26F2N6O2. The lowest BCUT2D eigenvalue weighted by molar-refractivity contribution is 0.397. The molecule has 2 aliphatic rings. The summed E-state index contributed by atoms with van der Waals surface area (Å²) < 4.78 is 43.0. The van der Waals surface area contributed by atoms with E-state index in [9.17, 15) is 0 Å². The number of pyridine rings is 2. The van der Waals surface area contributed by atoms with Crippen molar-refractivity contribution in [3.05, 3.63) is 83.4 Å². The van der Waals surface area contributed by atoms with Crippen LogP contribution in [-0.2, 0) is 0 Å². The van der Waals surface area contributed by atoms with Gasteiger partial charge in [-0.25, -0.2) is 18.7 Å². The summed E-state index contributed by atoms with van der Waals surface area (Å²) in [5.74, 6) is 0.841. The van der Waals surface area contributed by atoms with Crippen LogP contribution in [0.15, 0.2) is 70.6 Å². The average molecular weight is 541 g/mol. The third-order valence-corrected chi connectivity index (χ3v) is 6.81. The third-order valence-electron chi connectivity index (χ3n) is 6.81. The first-order chi connectivity index (χ1) is 19.6. The van der Waals surface area contributed by atoms with E-state index in [2.05, 4.69) is 30.6 Å². The van der Waals surface area contributed by atoms with Crippen molar-refractivity contribution >= 4 is 11.7 Å². The van der Waals surface area contributed by atoms with Gasteiger partial charge >= 0.3 is 0 Å². The van der Waals surface area contributed by atoms with Gasteiger partial charge in [0.05, 0.1) is 49.8 Å². The topological polar surface area (TPSA) is 93.0 Å². The molecule has 0 saturated heterocycles. The third kappa shape index (κ3) is 4.51. The Morgan fingerprint density at radius 2 is 1.00 bits per heavy atom. The van der Waals surface area contributed by atoms with E-state index in [1.54, 1.807) is 60.7 Å². The van der Waals surface area contributed by atoms with Crippen molar-refractivity contribution in [2.45, 2.75) is 0 Å². The van der Waals surface area contributed by atoms with Crippen LogP contribution in [0.25, 0.3) is 33.6 Å². The lowest BCUT2D eigenvalue weighted by Crippen LogP contribution is -2.20. The van der Waals surface area contributed by atoms with Gasteiger partial charge < -0.3 is 20.1 Å². The highest BCUT2D eigenvalue weighted by atomic mass is 19.1. The molecule has 0 atom stereocenters. The lowest BCUT2D eigenvalue weighted by atomic mass is 9.97. The predicted octanol–water partition coefficient (Wildman–Crippen LogP) is 4.47. The van der Waals surface area contributed by atoms with Crippen LogP contribution in [0.2, 0.25) is 0 Å². The summed E-state index contributed by atoms with van der Waals surface area (Å²) in [4.78, 5) is 17.9. The van der Waals surface area contributed by atoms with Gasteiger partial charge in [0.1, 0.15) is 23.3 Å². The highest BCUT2D eigenvalue weighted by Crippen LogP contribution is 2.36. The quantitative estimate of drug-likeness (QED) is 0.359. The molecule has 2 N–H and O–H groups in total. The Kier molecular flexibility index (Phi) is 6.81. The number of hydrogen-bond donors (Lipinski definition) is 2. The van der Waals surface area contributed by atoms with Gasteiger partial charge in [-0.2, -0.15) is 0 Å². The molecule has 0 radical (unpaired) electrons. The molecule has 0 saturated carbocycles. The number of aliphatic imine (C=N–C) groups is 2. The fourth-order valence-electron chi connectivity index (χ4n) is 4.88. The summed E-state index contributed by atoms with van der Waals surface area (Å²) in [6.45, 7) is 2.81. The maximum absolute atomic E-state index is 16.0. The number of rotatable bonds is 7. The number of nitrogens with one attached hydrogen (secondary N) is 2. The largest absolute Gasteiger partial charge is 0.480 e. The normalized spacial score (nSPS) is 14.3. The first kappa shape index (κ1) is 25.4. The zero-order valence-electron chi connectivity index (χ0n) is 22.0. The summed E-state index contributed by atoms with van der Waals surface area (Å²) in [6.07, 6.45) is 0. The van der Waals surface area contributed by atoms with E-state index in [1.165, 1.54) is 14.2 Å². The van der Waals surface area contributed by atoms with E-state index in [-0.39, 0.29) is 22.3 Å². The molecule has 2 aromatic carbocycles. The van der Waals surface area contributed by atoms with Crippen molar-refractivity contribution < 1.29 is 18.3 Å². The summed E-state index contributed by atoms with van der Waals surface area (Å²) in [5.41, 5.74) is 2.78. The molecule has 8 nitrogen and oxygen atoms in total. The van der Waals surface area contributed by atoms with E-state index >= 15 is 8.78 Å². The summed E-state index contributed by atoms with van der Waals surface area (Å²) in [5, 5.41) is 6.38. The molecule has 2 aliphatic heterocycles. The smallest absolute Gasteiger partial charge is 0.224 e. The van der Waals surface area contributed by atoms with Crippen molar-refractivity contribution in [1.82, 2.24) is 20.6 Å². The molecule has 4 heterocycles. The first-order valence-corrected chi connectivity index (χ1v) is 12.8. The van der Waals surface area contributed by atoms with Gasteiger partial charge in [0.2, 0.25) is 11.8 Å². The van der Waals surface area contributed by atoms with Gasteiger partial charge in [0, 0.05) is 35.3 Å².